The molecule has 0 aliphatic carbocycles. The van der Waals surface area contributed by atoms with E-state index in [2.05, 4.69) is 28.9 Å². The van der Waals surface area contributed by atoms with E-state index in [0.29, 0.717) is 5.02 Å². The minimum Gasteiger partial charge on any atom is -0.338 e. The van der Waals surface area contributed by atoms with Crippen LogP contribution < -0.4 is 4.90 Å². The van der Waals surface area contributed by atoms with Gasteiger partial charge in [-0.05, 0) is 31.2 Å². The highest BCUT2D eigenvalue weighted by molar-refractivity contribution is 6.31. The molecule has 0 N–H and O–H groups in total. The molecule has 0 atom stereocenters. The maximum absolute atomic E-state index is 6.27. The molecule has 152 valence electrons. The second kappa shape index (κ2) is 9.55. The average molecular weight is 409 g/mol. The van der Waals surface area contributed by atoms with Crippen LogP contribution >= 0.6 is 11.6 Å². The molecule has 1 saturated heterocycles. The predicted octanol–water partition coefficient (Wildman–Crippen LogP) is 5.65. The second-order valence-corrected chi connectivity index (χ2v) is 8.23. The van der Waals surface area contributed by atoms with E-state index in [9.17, 15) is 0 Å². The first-order chi connectivity index (χ1) is 14.2. The monoisotopic (exact) mass is 408 g/mol. The molecule has 2 heterocycles. The van der Waals surface area contributed by atoms with Crippen LogP contribution in [0.1, 0.15) is 32.6 Å². The van der Waals surface area contributed by atoms with Crippen LogP contribution in [-0.2, 0) is 0 Å². The first-order valence-corrected chi connectivity index (χ1v) is 11.1. The van der Waals surface area contributed by atoms with E-state index in [-0.39, 0.29) is 0 Å². The van der Waals surface area contributed by atoms with Crippen LogP contribution in [0.4, 0.5) is 5.95 Å². The molecule has 1 fully saturated rings. The van der Waals surface area contributed by atoms with Gasteiger partial charge in [-0.2, -0.15) is 0 Å². The molecule has 4 rings (SSSR count). The molecular weight excluding hydrogens is 380 g/mol. The van der Waals surface area contributed by atoms with Crippen molar-refractivity contribution in [1.29, 1.82) is 0 Å². The lowest BCUT2D eigenvalue weighted by Gasteiger charge is -2.35. The predicted molar refractivity (Wildman–Crippen MR) is 123 cm³/mol. The van der Waals surface area contributed by atoms with E-state index < -0.39 is 0 Å². The first kappa shape index (κ1) is 20.1. The summed E-state index contributed by atoms with van der Waals surface area (Å²) < 4.78 is 0. The molecule has 1 aromatic heterocycles. The summed E-state index contributed by atoms with van der Waals surface area (Å²) in [6.07, 6.45) is 5.28. The maximum atomic E-state index is 6.27. The Kier molecular flexibility index (Phi) is 6.63. The number of hydrogen-bond donors (Lipinski definition) is 0. The van der Waals surface area contributed by atoms with Crippen molar-refractivity contribution in [3.63, 3.8) is 0 Å². The van der Waals surface area contributed by atoms with E-state index >= 15 is 0 Å². The summed E-state index contributed by atoms with van der Waals surface area (Å²) in [5.41, 5.74) is 2.99. The molecule has 5 heteroatoms. The molecule has 1 aliphatic heterocycles. The van der Waals surface area contributed by atoms with Crippen molar-refractivity contribution >= 4 is 28.5 Å². The Morgan fingerprint density at radius 3 is 2.45 bits per heavy atom. The Bertz CT molecular complexity index is 936. The van der Waals surface area contributed by atoms with E-state index in [1.54, 1.807) is 0 Å². The Morgan fingerprint density at radius 2 is 1.69 bits per heavy atom. The lowest BCUT2D eigenvalue weighted by Crippen LogP contribution is -2.47. The van der Waals surface area contributed by atoms with Crippen molar-refractivity contribution in [1.82, 2.24) is 14.9 Å². The van der Waals surface area contributed by atoms with Crippen molar-refractivity contribution in [2.24, 2.45) is 0 Å². The van der Waals surface area contributed by atoms with E-state index in [0.717, 1.165) is 54.3 Å². The lowest BCUT2D eigenvalue weighted by molar-refractivity contribution is 0.251. The molecular formula is C24H29ClN4. The highest BCUT2D eigenvalue weighted by Gasteiger charge is 2.20. The van der Waals surface area contributed by atoms with Gasteiger partial charge in [0.05, 0.1) is 11.2 Å². The molecule has 0 radical (unpaired) electrons. The lowest BCUT2D eigenvalue weighted by atomic mass is 10.1. The number of benzene rings is 2. The molecule has 0 unspecified atom stereocenters. The van der Waals surface area contributed by atoms with E-state index in [1.807, 2.05) is 36.4 Å². The number of rotatable bonds is 7. The summed E-state index contributed by atoms with van der Waals surface area (Å²) in [6, 6.07) is 16.2. The van der Waals surface area contributed by atoms with E-state index in [4.69, 9.17) is 21.6 Å². The third-order valence-electron chi connectivity index (χ3n) is 5.68. The largest absolute Gasteiger partial charge is 0.338 e. The summed E-state index contributed by atoms with van der Waals surface area (Å²) in [4.78, 5) is 14.8. The van der Waals surface area contributed by atoms with Gasteiger partial charge in [0.1, 0.15) is 0 Å². The Hall–Kier alpha value is -2.17. The Balaban J connectivity index is 1.55. The molecule has 0 saturated carbocycles. The number of anilines is 1. The van der Waals surface area contributed by atoms with Crippen molar-refractivity contribution in [3.05, 3.63) is 53.6 Å². The highest BCUT2D eigenvalue weighted by Crippen LogP contribution is 2.30. The number of nitrogens with zero attached hydrogens (tertiary/aromatic N) is 4. The molecule has 29 heavy (non-hydrogen) atoms. The fourth-order valence-corrected chi connectivity index (χ4v) is 4.15. The van der Waals surface area contributed by atoms with Crippen LogP contribution in [0.5, 0.6) is 0 Å². The van der Waals surface area contributed by atoms with Crippen LogP contribution in [-0.4, -0.2) is 47.6 Å². The third kappa shape index (κ3) is 4.88. The topological polar surface area (TPSA) is 32.3 Å². The normalized spacial score (nSPS) is 15.2. The summed E-state index contributed by atoms with van der Waals surface area (Å²) in [6.45, 7) is 7.58. The number of aromatic nitrogens is 2. The Morgan fingerprint density at radius 1 is 0.897 bits per heavy atom. The van der Waals surface area contributed by atoms with Gasteiger partial charge < -0.3 is 4.90 Å². The Labute approximate surface area is 178 Å². The smallest absolute Gasteiger partial charge is 0.226 e. The first-order valence-electron chi connectivity index (χ1n) is 10.7. The quantitative estimate of drug-likeness (QED) is 0.472. The van der Waals surface area contributed by atoms with E-state index in [1.165, 1.54) is 32.2 Å². The summed E-state index contributed by atoms with van der Waals surface area (Å²) in [7, 11) is 0. The average Bonchev–Trinajstić information content (AvgIpc) is 2.77. The molecule has 0 amide bonds. The maximum Gasteiger partial charge on any atom is 0.226 e. The van der Waals surface area contributed by atoms with Gasteiger partial charge in [-0.1, -0.05) is 68.1 Å². The van der Waals surface area contributed by atoms with Crippen LogP contribution in [0.3, 0.4) is 0 Å². The number of fused-ring (bicyclic) bond motifs is 1. The summed E-state index contributed by atoms with van der Waals surface area (Å²) in [5.74, 6) is 0.823. The summed E-state index contributed by atoms with van der Waals surface area (Å²) >= 11 is 6.27. The number of piperazine rings is 1. The van der Waals surface area contributed by atoms with Gasteiger partial charge in [-0.25, -0.2) is 9.97 Å². The molecule has 0 bridgehead atoms. The van der Waals surface area contributed by atoms with Gasteiger partial charge >= 0.3 is 0 Å². The molecule has 0 spiro atoms. The van der Waals surface area contributed by atoms with Crippen molar-refractivity contribution in [2.75, 3.05) is 37.6 Å². The molecule has 3 aromatic rings. The SMILES string of the molecule is CCCCCCN1CCN(c2nc(-c3ccccc3)c3cc(Cl)ccc3n2)CC1. The fraction of sp³-hybridized carbons (Fsp3) is 0.417. The third-order valence-corrected chi connectivity index (χ3v) is 5.91. The van der Waals surface area contributed by atoms with Crippen molar-refractivity contribution in [3.8, 4) is 11.3 Å². The number of halogens is 1. The van der Waals surface area contributed by atoms with Crippen LogP contribution in [0.2, 0.25) is 5.02 Å². The van der Waals surface area contributed by atoms with Crippen molar-refractivity contribution in [2.45, 2.75) is 32.6 Å². The second-order valence-electron chi connectivity index (χ2n) is 7.79. The minimum absolute atomic E-state index is 0.711. The van der Waals surface area contributed by atoms with Gasteiger partial charge in [-0.3, -0.25) is 4.90 Å². The number of hydrogen-bond acceptors (Lipinski definition) is 4. The number of unbranched alkanes of at least 4 members (excludes halogenated alkanes) is 3. The van der Waals surface area contributed by atoms with Gasteiger partial charge in [0.2, 0.25) is 5.95 Å². The highest BCUT2D eigenvalue weighted by atomic mass is 35.5. The van der Waals surface area contributed by atoms with Gasteiger partial charge in [-0.15, -0.1) is 0 Å². The van der Waals surface area contributed by atoms with Crippen LogP contribution in [0, 0.1) is 0 Å². The summed E-state index contributed by atoms with van der Waals surface area (Å²) in [5, 5.41) is 1.71. The standard InChI is InChI=1S/C24H29ClN4/c1-2-3-4-8-13-28-14-16-29(17-15-28)24-26-22-12-11-20(25)18-21(22)23(27-24)19-9-6-5-7-10-19/h5-7,9-12,18H,2-4,8,13-17H2,1H3. The molecule has 4 nitrogen and oxygen atoms in total. The molecule has 1 aliphatic rings. The fourth-order valence-electron chi connectivity index (χ4n) is 3.98. The minimum atomic E-state index is 0.711. The zero-order chi connectivity index (χ0) is 20.1. The van der Waals surface area contributed by atoms with Crippen molar-refractivity contribution < 1.29 is 0 Å². The van der Waals surface area contributed by atoms with Gasteiger partial charge in [0.25, 0.3) is 0 Å². The van der Waals surface area contributed by atoms with Gasteiger partial charge in [0, 0.05) is 42.2 Å². The zero-order valence-electron chi connectivity index (χ0n) is 17.1. The van der Waals surface area contributed by atoms with Gasteiger partial charge in [0.15, 0.2) is 0 Å². The van der Waals surface area contributed by atoms with Crippen LogP contribution in [0.25, 0.3) is 22.2 Å². The van der Waals surface area contributed by atoms with Crippen LogP contribution in [0.15, 0.2) is 48.5 Å². The zero-order valence-corrected chi connectivity index (χ0v) is 17.9. The molecule has 2 aromatic carbocycles.